The molecule has 2 amide bonds. The first kappa shape index (κ1) is 22.6. The second kappa shape index (κ2) is 8.76. The molecule has 7 nitrogen and oxygen atoms in total. The molecule has 4 rings (SSSR count). The number of rotatable bonds is 4. The molecular weight excluding hydrogens is 437 g/mol. The number of amides is 2. The Morgan fingerprint density at radius 3 is 2.67 bits per heavy atom. The van der Waals surface area contributed by atoms with Crippen molar-refractivity contribution in [1.82, 2.24) is 19.8 Å². The van der Waals surface area contributed by atoms with Crippen LogP contribution in [0.5, 0.6) is 5.75 Å². The highest BCUT2D eigenvalue weighted by atomic mass is 19.4. The number of imidazole rings is 1. The van der Waals surface area contributed by atoms with E-state index in [4.69, 9.17) is 0 Å². The topological polar surface area (TPSA) is 76.5 Å². The lowest BCUT2D eigenvalue weighted by Crippen LogP contribution is -2.51. The molecular formula is C23H23F3N4O3. The number of likely N-dealkylation sites (tertiary alicyclic amines) is 1. The Bertz CT molecular complexity index is 1190. The van der Waals surface area contributed by atoms with Crippen molar-refractivity contribution in [2.45, 2.75) is 25.7 Å². The van der Waals surface area contributed by atoms with Gasteiger partial charge < -0.3 is 19.5 Å². The van der Waals surface area contributed by atoms with E-state index >= 15 is 0 Å². The number of fused-ring (bicyclic) bond motifs is 1. The molecule has 1 aliphatic rings. The van der Waals surface area contributed by atoms with Crippen molar-refractivity contribution in [3.05, 3.63) is 59.9 Å². The number of aromatic nitrogens is 2. The maximum absolute atomic E-state index is 13.0. The van der Waals surface area contributed by atoms with Crippen LogP contribution >= 0.6 is 0 Å². The fourth-order valence-corrected chi connectivity index (χ4v) is 4.10. The fourth-order valence-electron chi connectivity index (χ4n) is 4.10. The van der Waals surface area contributed by atoms with Gasteiger partial charge in [-0.15, -0.1) is 13.2 Å². The van der Waals surface area contributed by atoms with E-state index in [-0.39, 0.29) is 23.4 Å². The maximum atomic E-state index is 13.0. The number of halogens is 3. The molecule has 1 aromatic heterocycles. The molecule has 0 bridgehead atoms. The Hall–Kier alpha value is -3.56. The number of carbonyl (C=O) groups is 2. The van der Waals surface area contributed by atoms with Crippen LogP contribution in [0.2, 0.25) is 0 Å². The minimum Gasteiger partial charge on any atom is -0.405 e. The van der Waals surface area contributed by atoms with Crippen molar-refractivity contribution in [1.29, 1.82) is 0 Å². The smallest absolute Gasteiger partial charge is 0.405 e. The number of aryl methyl sites for hydroxylation is 1. The molecule has 33 heavy (non-hydrogen) atoms. The summed E-state index contributed by atoms with van der Waals surface area (Å²) in [4.78, 5) is 31.7. The summed E-state index contributed by atoms with van der Waals surface area (Å²) in [6.45, 7) is 2.72. The second-order valence-electron chi connectivity index (χ2n) is 8.20. The molecule has 0 radical (unpaired) electrons. The first-order valence-electron chi connectivity index (χ1n) is 10.5. The highest BCUT2D eigenvalue weighted by Gasteiger charge is 2.34. The molecule has 3 aromatic rings. The van der Waals surface area contributed by atoms with Crippen molar-refractivity contribution in [3.63, 3.8) is 0 Å². The van der Waals surface area contributed by atoms with Crippen LogP contribution in [0.4, 0.5) is 13.2 Å². The number of alkyl halides is 3. The third-order valence-electron chi connectivity index (χ3n) is 5.84. The average molecular weight is 460 g/mol. The van der Waals surface area contributed by atoms with Crippen molar-refractivity contribution in [3.8, 4) is 5.75 Å². The van der Waals surface area contributed by atoms with E-state index in [1.807, 2.05) is 18.5 Å². The summed E-state index contributed by atoms with van der Waals surface area (Å²) in [6, 6.07) is 10.3. The van der Waals surface area contributed by atoms with Crippen LogP contribution in [0, 0.1) is 5.92 Å². The number of nitrogens with one attached hydrogen (secondary N) is 1. The second-order valence-corrected chi connectivity index (χ2v) is 8.20. The molecule has 0 unspecified atom stereocenters. The normalized spacial score (nSPS) is 18.9. The van der Waals surface area contributed by atoms with Crippen LogP contribution in [-0.2, 0) is 7.05 Å². The largest absolute Gasteiger partial charge is 0.573 e. The predicted molar refractivity (Wildman–Crippen MR) is 115 cm³/mol. The van der Waals surface area contributed by atoms with Crippen molar-refractivity contribution in [2.24, 2.45) is 13.0 Å². The lowest BCUT2D eigenvalue weighted by Gasteiger charge is -2.37. The van der Waals surface area contributed by atoms with Crippen LogP contribution < -0.4 is 10.1 Å². The number of piperidine rings is 1. The van der Waals surface area contributed by atoms with E-state index in [1.54, 1.807) is 29.4 Å². The van der Waals surface area contributed by atoms with Gasteiger partial charge >= 0.3 is 6.36 Å². The van der Waals surface area contributed by atoms with Gasteiger partial charge in [-0.3, -0.25) is 9.59 Å². The molecule has 1 fully saturated rings. The van der Waals surface area contributed by atoms with Gasteiger partial charge in [-0.1, -0.05) is 19.1 Å². The van der Waals surface area contributed by atoms with E-state index in [2.05, 4.69) is 15.0 Å². The van der Waals surface area contributed by atoms with Crippen molar-refractivity contribution >= 4 is 22.8 Å². The predicted octanol–water partition coefficient (Wildman–Crippen LogP) is 3.75. The van der Waals surface area contributed by atoms with Gasteiger partial charge in [0.2, 0.25) is 0 Å². The first-order chi connectivity index (χ1) is 15.6. The van der Waals surface area contributed by atoms with Gasteiger partial charge in [0.1, 0.15) is 5.75 Å². The molecule has 1 aliphatic heterocycles. The molecule has 0 aliphatic carbocycles. The fraction of sp³-hybridized carbons (Fsp3) is 0.348. The SMILES string of the molecule is C[C@H]1CN(C(=O)c2ccc3ncn(C)c3c2)CC[C@H]1NC(=O)c1ccccc1OC(F)(F)F. The van der Waals surface area contributed by atoms with Gasteiger partial charge in [-0.05, 0) is 42.7 Å². The zero-order valence-corrected chi connectivity index (χ0v) is 18.1. The summed E-state index contributed by atoms with van der Waals surface area (Å²) >= 11 is 0. The van der Waals surface area contributed by atoms with Crippen molar-refractivity contribution in [2.75, 3.05) is 13.1 Å². The van der Waals surface area contributed by atoms with Gasteiger partial charge in [-0.2, -0.15) is 0 Å². The third kappa shape index (κ3) is 4.94. The van der Waals surface area contributed by atoms with Crippen molar-refractivity contribution < 1.29 is 27.5 Å². The summed E-state index contributed by atoms with van der Waals surface area (Å²) in [5, 5.41) is 2.80. The molecule has 2 heterocycles. The number of ether oxygens (including phenoxy) is 1. The molecule has 174 valence electrons. The van der Waals surface area contributed by atoms with Crippen LogP contribution in [0.1, 0.15) is 34.1 Å². The van der Waals surface area contributed by atoms with E-state index < -0.39 is 18.0 Å². The Kier molecular flexibility index (Phi) is 6.01. The zero-order valence-electron chi connectivity index (χ0n) is 18.1. The van der Waals surface area contributed by atoms with E-state index in [0.717, 1.165) is 17.1 Å². The summed E-state index contributed by atoms with van der Waals surface area (Å²) in [7, 11) is 1.86. The molecule has 0 saturated carbocycles. The molecule has 10 heteroatoms. The summed E-state index contributed by atoms with van der Waals surface area (Å²) in [6.07, 6.45) is -2.73. The number of benzene rings is 2. The summed E-state index contributed by atoms with van der Waals surface area (Å²) in [5.74, 6) is -1.40. The van der Waals surface area contributed by atoms with Crippen LogP contribution in [0.15, 0.2) is 48.8 Å². The van der Waals surface area contributed by atoms with Gasteiger partial charge in [0, 0.05) is 31.7 Å². The number of nitrogens with zero attached hydrogens (tertiary/aromatic N) is 3. The molecule has 0 spiro atoms. The summed E-state index contributed by atoms with van der Waals surface area (Å²) in [5.41, 5.74) is 2.03. The third-order valence-corrected chi connectivity index (χ3v) is 5.84. The minimum absolute atomic E-state index is 0.0946. The van der Waals surface area contributed by atoms with Gasteiger partial charge in [-0.25, -0.2) is 4.98 Å². The van der Waals surface area contributed by atoms with Crippen LogP contribution in [-0.4, -0.2) is 51.8 Å². The van der Waals surface area contributed by atoms with Crippen LogP contribution in [0.25, 0.3) is 11.0 Å². The van der Waals surface area contributed by atoms with Gasteiger partial charge in [0.25, 0.3) is 11.8 Å². The Morgan fingerprint density at radius 1 is 1.18 bits per heavy atom. The highest BCUT2D eigenvalue weighted by Crippen LogP contribution is 2.27. The van der Waals surface area contributed by atoms with Gasteiger partial charge in [0.15, 0.2) is 0 Å². The molecule has 2 aromatic carbocycles. The number of hydrogen-bond donors (Lipinski definition) is 1. The average Bonchev–Trinajstić information content (AvgIpc) is 3.14. The van der Waals surface area contributed by atoms with E-state index in [9.17, 15) is 22.8 Å². The Balaban J connectivity index is 1.42. The first-order valence-corrected chi connectivity index (χ1v) is 10.5. The van der Waals surface area contributed by atoms with E-state index in [0.29, 0.717) is 25.1 Å². The van der Waals surface area contributed by atoms with E-state index in [1.165, 1.54) is 18.2 Å². The lowest BCUT2D eigenvalue weighted by atomic mass is 9.93. The standard InChI is InChI=1S/C23H23F3N4O3/c1-14-12-30(22(32)15-7-8-18-19(11-15)29(2)13-27-18)10-9-17(14)28-21(31)16-5-3-4-6-20(16)33-23(24,25)26/h3-8,11,13-14,17H,9-10,12H2,1-2H3,(H,28,31)/t14-,17+/m0/s1. The quantitative estimate of drug-likeness (QED) is 0.644. The molecule has 1 saturated heterocycles. The monoisotopic (exact) mass is 460 g/mol. The Morgan fingerprint density at radius 2 is 1.94 bits per heavy atom. The molecule has 1 N–H and O–H groups in total. The zero-order chi connectivity index (χ0) is 23.8. The Labute approximate surface area is 188 Å². The molecule has 2 atom stereocenters. The lowest BCUT2D eigenvalue weighted by molar-refractivity contribution is -0.274. The number of hydrogen-bond acceptors (Lipinski definition) is 4. The highest BCUT2D eigenvalue weighted by molar-refractivity contribution is 5.98. The number of para-hydroxylation sites is 1. The minimum atomic E-state index is -4.89. The summed E-state index contributed by atoms with van der Waals surface area (Å²) < 4.78 is 43.8. The maximum Gasteiger partial charge on any atom is 0.573 e. The van der Waals surface area contributed by atoms with Crippen LogP contribution in [0.3, 0.4) is 0 Å². The number of carbonyl (C=O) groups excluding carboxylic acids is 2. The van der Waals surface area contributed by atoms with Gasteiger partial charge in [0.05, 0.1) is 22.9 Å².